The van der Waals surface area contributed by atoms with Crippen LogP contribution in [0.2, 0.25) is 0 Å². The normalized spacial score (nSPS) is 13.6. The molecule has 5 rings (SSSR count). The number of fused-ring (bicyclic) bond motifs is 1. The van der Waals surface area contributed by atoms with Crippen LogP contribution in [0.3, 0.4) is 0 Å². The zero-order valence-electron chi connectivity index (χ0n) is 16.4. The standard InChI is InChI=1S/C20H15F3N6.CH3I/c21-20(22,23)14-7-3-1-5-12(14)17-24-15-8-4-2-6-13(15)18(25-17)27-19-26-16(28-29-19)11-9-10-11;1-2/h1-8,11H,9-10H2,(H2,24,25,26,27,28,29);1H3. The van der Waals surface area contributed by atoms with Gasteiger partial charge in [-0.15, -0.1) is 5.10 Å². The molecule has 2 heterocycles. The Hall–Kier alpha value is -2.76. The van der Waals surface area contributed by atoms with E-state index >= 15 is 0 Å². The molecule has 0 atom stereocenters. The molecule has 4 aromatic rings. The van der Waals surface area contributed by atoms with Crippen molar-refractivity contribution in [1.82, 2.24) is 25.1 Å². The first-order valence-corrected chi connectivity index (χ1v) is 11.7. The Labute approximate surface area is 189 Å². The lowest BCUT2D eigenvalue weighted by molar-refractivity contribution is -0.137. The maximum atomic E-state index is 13.5. The van der Waals surface area contributed by atoms with E-state index in [-0.39, 0.29) is 11.4 Å². The summed E-state index contributed by atoms with van der Waals surface area (Å²) < 4.78 is 40.5. The van der Waals surface area contributed by atoms with Gasteiger partial charge < -0.3 is 5.32 Å². The van der Waals surface area contributed by atoms with Gasteiger partial charge in [0.15, 0.2) is 5.82 Å². The van der Waals surface area contributed by atoms with Crippen LogP contribution in [0, 0.1) is 0 Å². The van der Waals surface area contributed by atoms with E-state index in [0.717, 1.165) is 24.7 Å². The fraction of sp³-hybridized carbons (Fsp3) is 0.238. The molecule has 0 aliphatic heterocycles. The summed E-state index contributed by atoms with van der Waals surface area (Å²) >= 11 is 2.15. The van der Waals surface area contributed by atoms with Crippen LogP contribution in [0.1, 0.15) is 30.1 Å². The average Bonchev–Trinajstić information content (AvgIpc) is 3.53. The number of rotatable bonds is 4. The zero-order chi connectivity index (χ0) is 22.0. The van der Waals surface area contributed by atoms with Crippen molar-refractivity contribution in [1.29, 1.82) is 0 Å². The number of para-hydroxylation sites is 1. The minimum absolute atomic E-state index is 0.0166. The lowest BCUT2D eigenvalue weighted by atomic mass is 10.1. The molecule has 10 heteroatoms. The van der Waals surface area contributed by atoms with Crippen molar-refractivity contribution in [3.8, 4) is 11.4 Å². The third-order valence-corrected chi connectivity index (χ3v) is 4.77. The number of halogens is 4. The van der Waals surface area contributed by atoms with Crippen LogP contribution in [0.5, 0.6) is 0 Å². The minimum atomic E-state index is -4.51. The maximum absolute atomic E-state index is 13.5. The molecule has 0 unspecified atom stereocenters. The number of alkyl halides is 4. The molecule has 2 aromatic carbocycles. The Kier molecular flexibility index (Phi) is 6.08. The Bertz CT molecular complexity index is 1200. The molecule has 0 amide bonds. The molecular formula is C21H18F3IN6. The van der Waals surface area contributed by atoms with Crippen molar-refractivity contribution in [2.45, 2.75) is 24.9 Å². The summed E-state index contributed by atoms with van der Waals surface area (Å²) in [5.41, 5.74) is -0.340. The predicted octanol–water partition coefficient (Wildman–Crippen LogP) is 6.11. The number of nitrogens with one attached hydrogen (secondary N) is 2. The van der Waals surface area contributed by atoms with Crippen molar-refractivity contribution < 1.29 is 13.2 Å². The third-order valence-electron chi connectivity index (χ3n) is 4.77. The van der Waals surface area contributed by atoms with E-state index < -0.39 is 11.7 Å². The first kappa shape index (κ1) is 21.5. The smallest absolute Gasteiger partial charge is 0.307 e. The number of anilines is 2. The molecule has 2 aromatic heterocycles. The second-order valence-electron chi connectivity index (χ2n) is 6.90. The summed E-state index contributed by atoms with van der Waals surface area (Å²) in [5.74, 6) is 1.86. The van der Waals surface area contributed by atoms with Crippen molar-refractivity contribution in [3.63, 3.8) is 0 Å². The summed E-state index contributed by atoms with van der Waals surface area (Å²) in [5, 5.41) is 10.7. The fourth-order valence-corrected chi connectivity index (χ4v) is 3.19. The molecule has 1 fully saturated rings. The van der Waals surface area contributed by atoms with E-state index in [9.17, 15) is 13.2 Å². The second-order valence-corrected chi connectivity index (χ2v) is 6.90. The highest BCUT2D eigenvalue weighted by atomic mass is 127. The van der Waals surface area contributed by atoms with Gasteiger partial charge in [0.2, 0.25) is 5.95 Å². The Morgan fingerprint density at radius 2 is 1.68 bits per heavy atom. The van der Waals surface area contributed by atoms with Gasteiger partial charge in [0, 0.05) is 16.9 Å². The van der Waals surface area contributed by atoms with Gasteiger partial charge in [-0.2, -0.15) is 18.2 Å². The van der Waals surface area contributed by atoms with Crippen LogP contribution in [-0.2, 0) is 6.18 Å². The van der Waals surface area contributed by atoms with Crippen LogP contribution in [-0.4, -0.2) is 30.1 Å². The third kappa shape index (κ3) is 4.63. The molecule has 1 aliphatic rings. The summed E-state index contributed by atoms with van der Waals surface area (Å²) in [7, 11) is 0. The maximum Gasteiger partial charge on any atom is 0.417 e. The first-order valence-electron chi connectivity index (χ1n) is 9.49. The highest BCUT2D eigenvalue weighted by Crippen LogP contribution is 2.39. The van der Waals surface area contributed by atoms with Gasteiger partial charge >= 0.3 is 6.18 Å². The lowest BCUT2D eigenvalue weighted by Gasteiger charge is -2.13. The molecule has 6 nitrogen and oxygen atoms in total. The van der Waals surface area contributed by atoms with Gasteiger partial charge in [0.25, 0.3) is 0 Å². The number of hydrogen-bond donors (Lipinski definition) is 2. The van der Waals surface area contributed by atoms with Gasteiger partial charge in [-0.1, -0.05) is 52.9 Å². The van der Waals surface area contributed by atoms with E-state index in [1.807, 2.05) is 11.0 Å². The molecule has 0 radical (unpaired) electrons. The van der Waals surface area contributed by atoms with Gasteiger partial charge in [-0.05, 0) is 36.0 Å². The SMILES string of the molecule is CI.FC(F)(F)c1ccccc1-c1nc(Nc2n[nH]c(C3CC3)n2)c2ccccc2n1. The molecule has 0 saturated heterocycles. The van der Waals surface area contributed by atoms with Gasteiger partial charge in [0.1, 0.15) is 11.6 Å². The molecule has 0 spiro atoms. The van der Waals surface area contributed by atoms with E-state index in [0.29, 0.717) is 28.6 Å². The fourth-order valence-electron chi connectivity index (χ4n) is 3.19. The molecule has 31 heavy (non-hydrogen) atoms. The highest BCUT2D eigenvalue weighted by molar-refractivity contribution is 14.1. The average molecular weight is 538 g/mol. The summed E-state index contributed by atoms with van der Waals surface area (Å²) in [6, 6.07) is 12.4. The predicted molar refractivity (Wildman–Crippen MR) is 122 cm³/mol. The minimum Gasteiger partial charge on any atom is -0.307 e. The van der Waals surface area contributed by atoms with Crippen molar-refractivity contribution in [2.75, 3.05) is 10.2 Å². The van der Waals surface area contributed by atoms with Crippen molar-refractivity contribution >= 4 is 45.3 Å². The van der Waals surface area contributed by atoms with Gasteiger partial charge in [-0.3, -0.25) is 5.10 Å². The Morgan fingerprint density at radius 1 is 0.968 bits per heavy atom. The summed E-state index contributed by atoms with van der Waals surface area (Å²) in [6.45, 7) is 0. The van der Waals surface area contributed by atoms with E-state index in [1.165, 1.54) is 18.2 Å². The van der Waals surface area contributed by atoms with Crippen LogP contribution < -0.4 is 5.32 Å². The molecule has 160 valence electrons. The van der Waals surface area contributed by atoms with Gasteiger partial charge in [-0.25, -0.2) is 9.97 Å². The number of hydrogen-bond acceptors (Lipinski definition) is 5. The summed E-state index contributed by atoms with van der Waals surface area (Å²) in [4.78, 5) is 15.1. The number of benzene rings is 2. The summed E-state index contributed by atoms with van der Waals surface area (Å²) in [6.07, 6.45) is -2.37. The van der Waals surface area contributed by atoms with E-state index in [2.05, 4.69) is 53.1 Å². The number of aromatic nitrogens is 5. The second kappa shape index (κ2) is 8.77. The molecule has 2 N–H and O–H groups in total. The Balaban J connectivity index is 0.00000112. The van der Waals surface area contributed by atoms with Gasteiger partial charge in [0.05, 0.1) is 11.1 Å². The number of aromatic amines is 1. The first-order chi connectivity index (χ1) is 15.0. The number of nitrogens with zero attached hydrogens (tertiary/aromatic N) is 4. The number of H-pyrrole nitrogens is 1. The van der Waals surface area contributed by atoms with Crippen LogP contribution in [0.15, 0.2) is 48.5 Å². The Morgan fingerprint density at radius 3 is 2.42 bits per heavy atom. The van der Waals surface area contributed by atoms with E-state index in [4.69, 9.17) is 0 Å². The molecule has 1 saturated carbocycles. The monoisotopic (exact) mass is 538 g/mol. The largest absolute Gasteiger partial charge is 0.417 e. The van der Waals surface area contributed by atoms with Crippen LogP contribution in [0.4, 0.5) is 24.9 Å². The van der Waals surface area contributed by atoms with Crippen LogP contribution >= 0.6 is 22.6 Å². The zero-order valence-corrected chi connectivity index (χ0v) is 18.6. The van der Waals surface area contributed by atoms with E-state index in [1.54, 1.807) is 18.2 Å². The van der Waals surface area contributed by atoms with Crippen molar-refractivity contribution in [2.24, 2.45) is 0 Å². The quantitative estimate of drug-likeness (QED) is 0.242. The lowest BCUT2D eigenvalue weighted by Crippen LogP contribution is -2.09. The topological polar surface area (TPSA) is 79.4 Å². The van der Waals surface area contributed by atoms with Crippen molar-refractivity contribution in [3.05, 3.63) is 59.9 Å². The highest BCUT2D eigenvalue weighted by Gasteiger charge is 2.34. The molecule has 1 aliphatic carbocycles. The molecule has 0 bridgehead atoms. The van der Waals surface area contributed by atoms with Crippen LogP contribution in [0.25, 0.3) is 22.3 Å². The molecular weight excluding hydrogens is 520 g/mol.